The molecule has 0 bridgehead atoms. The molecular weight excluding hydrogens is 160 g/mol. The van der Waals surface area contributed by atoms with Gasteiger partial charge in [0.1, 0.15) is 5.78 Å². The normalized spacial score (nSPS) is 35.2. The predicted octanol–water partition coefficient (Wildman–Crippen LogP) is 2.80. The lowest BCUT2D eigenvalue weighted by atomic mass is 9.75. The number of ketones is 1. The molecule has 2 aliphatic carbocycles. The fourth-order valence-corrected chi connectivity index (χ4v) is 2.35. The molecule has 1 nitrogen and oxygen atoms in total. The molecule has 2 rings (SSSR count). The minimum atomic E-state index is -0.247. The van der Waals surface area contributed by atoms with Crippen LogP contribution in [0.2, 0.25) is 0 Å². The first-order chi connectivity index (χ1) is 6.29. The first kappa shape index (κ1) is 8.49. The van der Waals surface area contributed by atoms with Crippen molar-refractivity contribution in [1.29, 1.82) is 0 Å². The molecule has 1 unspecified atom stereocenters. The zero-order chi connectivity index (χ0) is 9.31. The van der Waals surface area contributed by atoms with Crippen LogP contribution < -0.4 is 0 Å². The van der Waals surface area contributed by atoms with E-state index in [-0.39, 0.29) is 5.41 Å². The Kier molecular flexibility index (Phi) is 1.95. The van der Waals surface area contributed by atoms with Gasteiger partial charge in [-0.2, -0.15) is 0 Å². The molecule has 0 heterocycles. The molecule has 1 heteroatoms. The number of hydrogen-bond acceptors (Lipinski definition) is 1. The summed E-state index contributed by atoms with van der Waals surface area (Å²) < 4.78 is 0. The monoisotopic (exact) mass is 174 g/mol. The van der Waals surface area contributed by atoms with E-state index >= 15 is 0 Å². The molecule has 0 amide bonds. The van der Waals surface area contributed by atoms with Gasteiger partial charge in [-0.3, -0.25) is 4.79 Å². The third kappa shape index (κ3) is 1.11. The van der Waals surface area contributed by atoms with Gasteiger partial charge in [-0.15, -0.1) is 0 Å². The molecule has 0 radical (unpaired) electrons. The molecule has 1 fully saturated rings. The third-order valence-electron chi connectivity index (χ3n) is 3.07. The molecule has 0 N–H and O–H groups in total. The molecule has 0 aromatic rings. The molecule has 1 spiro atoms. The van der Waals surface area contributed by atoms with E-state index in [4.69, 9.17) is 0 Å². The highest BCUT2D eigenvalue weighted by atomic mass is 16.1. The van der Waals surface area contributed by atoms with Crippen LogP contribution in [-0.2, 0) is 4.79 Å². The van der Waals surface area contributed by atoms with Crippen LogP contribution in [0.1, 0.15) is 26.2 Å². The Morgan fingerprint density at radius 2 is 2.31 bits per heavy atom. The number of hydrogen-bond donors (Lipinski definition) is 0. The van der Waals surface area contributed by atoms with E-state index in [1.54, 1.807) is 0 Å². The highest BCUT2D eigenvalue weighted by Crippen LogP contribution is 2.44. The maximum absolute atomic E-state index is 11.8. The second-order valence-corrected chi connectivity index (χ2v) is 3.71. The minimum Gasteiger partial charge on any atom is -0.298 e. The van der Waals surface area contributed by atoms with Crippen LogP contribution in [0.4, 0.5) is 0 Å². The van der Waals surface area contributed by atoms with E-state index in [1.165, 1.54) is 5.57 Å². The molecular formula is C12H14O. The summed E-state index contributed by atoms with van der Waals surface area (Å²) >= 11 is 0. The SMILES string of the molecule is C/C=C1\C=CC=CC12CCCC2=O. The summed E-state index contributed by atoms with van der Waals surface area (Å²) in [5.74, 6) is 0.390. The fourth-order valence-electron chi connectivity index (χ4n) is 2.35. The molecule has 0 aliphatic heterocycles. The Morgan fingerprint density at radius 3 is 2.92 bits per heavy atom. The minimum absolute atomic E-state index is 0.247. The topological polar surface area (TPSA) is 17.1 Å². The second kappa shape index (κ2) is 2.99. The van der Waals surface area contributed by atoms with Gasteiger partial charge >= 0.3 is 0 Å². The molecule has 1 atom stereocenters. The van der Waals surface area contributed by atoms with Crippen LogP contribution in [0.25, 0.3) is 0 Å². The van der Waals surface area contributed by atoms with Crippen molar-refractivity contribution in [3.8, 4) is 0 Å². The lowest BCUT2D eigenvalue weighted by Gasteiger charge is -2.27. The molecule has 0 aromatic heterocycles. The maximum Gasteiger partial charge on any atom is 0.147 e. The van der Waals surface area contributed by atoms with Gasteiger partial charge < -0.3 is 0 Å². The summed E-state index contributed by atoms with van der Waals surface area (Å²) in [5, 5.41) is 0. The van der Waals surface area contributed by atoms with E-state index in [1.807, 2.05) is 19.1 Å². The second-order valence-electron chi connectivity index (χ2n) is 3.71. The highest BCUT2D eigenvalue weighted by Gasteiger charge is 2.42. The Bertz CT molecular complexity index is 320. The van der Waals surface area contributed by atoms with Crippen LogP contribution in [0.5, 0.6) is 0 Å². The average molecular weight is 174 g/mol. The summed E-state index contributed by atoms with van der Waals surface area (Å²) in [7, 11) is 0. The average Bonchev–Trinajstić information content (AvgIpc) is 2.50. The van der Waals surface area contributed by atoms with Crippen LogP contribution in [0, 0.1) is 5.41 Å². The number of carbonyl (C=O) groups is 1. The van der Waals surface area contributed by atoms with E-state index in [0.29, 0.717) is 5.78 Å². The fraction of sp³-hybridized carbons (Fsp3) is 0.417. The number of allylic oxidation sites excluding steroid dienone is 6. The van der Waals surface area contributed by atoms with Gasteiger partial charge in [-0.1, -0.05) is 30.4 Å². The van der Waals surface area contributed by atoms with Crippen molar-refractivity contribution in [2.75, 3.05) is 0 Å². The van der Waals surface area contributed by atoms with E-state index in [2.05, 4.69) is 18.2 Å². The maximum atomic E-state index is 11.8. The zero-order valence-electron chi connectivity index (χ0n) is 7.92. The standard InChI is InChI=1S/C12H14O/c1-2-10-6-3-4-8-12(10)9-5-7-11(12)13/h2-4,6,8H,5,7,9H2,1H3/b10-2+. The number of rotatable bonds is 0. The van der Waals surface area contributed by atoms with Gasteiger partial charge in [-0.05, 0) is 25.3 Å². The van der Waals surface area contributed by atoms with Crippen molar-refractivity contribution in [1.82, 2.24) is 0 Å². The van der Waals surface area contributed by atoms with Crippen LogP contribution in [-0.4, -0.2) is 5.78 Å². The Hall–Kier alpha value is -1.11. The lowest BCUT2D eigenvalue weighted by Crippen LogP contribution is -2.26. The first-order valence-corrected chi connectivity index (χ1v) is 4.85. The highest BCUT2D eigenvalue weighted by molar-refractivity contribution is 5.93. The Labute approximate surface area is 78.8 Å². The van der Waals surface area contributed by atoms with Crippen molar-refractivity contribution in [2.45, 2.75) is 26.2 Å². The summed E-state index contributed by atoms with van der Waals surface area (Å²) in [5.41, 5.74) is 0.932. The first-order valence-electron chi connectivity index (χ1n) is 4.85. The third-order valence-corrected chi connectivity index (χ3v) is 3.07. The number of Topliss-reactive ketones (excluding diaryl/α,β-unsaturated/α-hetero) is 1. The van der Waals surface area contributed by atoms with Crippen molar-refractivity contribution in [3.05, 3.63) is 36.0 Å². The Morgan fingerprint density at radius 1 is 1.46 bits per heavy atom. The van der Waals surface area contributed by atoms with Gasteiger partial charge in [0.15, 0.2) is 0 Å². The molecule has 68 valence electrons. The van der Waals surface area contributed by atoms with Crippen LogP contribution >= 0.6 is 0 Å². The summed E-state index contributed by atoms with van der Waals surface area (Å²) in [6.07, 6.45) is 13.0. The Balaban J connectivity index is 2.46. The molecule has 0 aromatic carbocycles. The van der Waals surface area contributed by atoms with Crippen LogP contribution in [0.3, 0.4) is 0 Å². The summed E-state index contributed by atoms with van der Waals surface area (Å²) in [4.78, 5) is 11.8. The van der Waals surface area contributed by atoms with Crippen molar-refractivity contribution < 1.29 is 4.79 Å². The smallest absolute Gasteiger partial charge is 0.147 e. The summed E-state index contributed by atoms with van der Waals surface area (Å²) in [6, 6.07) is 0. The summed E-state index contributed by atoms with van der Waals surface area (Å²) in [6.45, 7) is 2.01. The van der Waals surface area contributed by atoms with E-state index < -0.39 is 0 Å². The van der Waals surface area contributed by atoms with Gasteiger partial charge in [0.2, 0.25) is 0 Å². The van der Waals surface area contributed by atoms with Crippen molar-refractivity contribution in [3.63, 3.8) is 0 Å². The predicted molar refractivity (Wildman–Crippen MR) is 53.3 cm³/mol. The van der Waals surface area contributed by atoms with Crippen LogP contribution in [0.15, 0.2) is 36.0 Å². The molecule has 0 saturated heterocycles. The molecule has 2 aliphatic rings. The van der Waals surface area contributed by atoms with Crippen molar-refractivity contribution in [2.24, 2.45) is 5.41 Å². The molecule has 1 saturated carbocycles. The largest absolute Gasteiger partial charge is 0.298 e. The van der Waals surface area contributed by atoms with Gasteiger partial charge in [0, 0.05) is 6.42 Å². The van der Waals surface area contributed by atoms with E-state index in [9.17, 15) is 4.79 Å². The quantitative estimate of drug-likeness (QED) is 0.552. The lowest BCUT2D eigenvalue weighted by molar-refractivity contribution is -0.122. The number of carbonyl (C=O) groups excluding carboxylic acids is 1. The molecule has 13 heavy (non-hydrogen) atoms. The van der Waals surface area contributed by atoms with Crippen molar-refractivity contribution >= 4 is 5.78 Å². The zero-order valence-corrected chi connectivity index (χ0v) is 7.92. The van der Waals surface area contributed by atoms with E-state index in [0.717, 1.165) is 19.3 Å². The van der Waals surface area contributed by atoms with Gasteiger partial charge in [0.25, 0.3) is 0 Å². The van der Waals surface area contributed by atoms with Gasteiger partial charge in [-0.25, -0.2) is 0 Å². The van der Waals surface area contributed by atoms with Gasteiger partial charge in [0.05, 0.1) is 5.41 Å².